The molecular formula is C19H17Br2ClN4O4S. The van der Waals surface area contributed by atoms with Crippen molar-refractivity contribution in [2.24, 2.45) is 0 Å². The molecule has 31 heavy (non-hydrogen) atoms. The lowest BCUT2D eigenvalue weighted by atomic mass is 10.2. The topological polar surface area (TPSA) is 88.0 Å². The molecule has 1 heterocycles. The Labute approximate surface area is 205 Å². The van der Waals surface area contributed by atoms with Crippen molar-refractivity contribution < 1.29 is 14.5 Å². The first kappa shape index (κ1) is 23.7. The van der Waals surface area contributed by atoms with Crippen LogP contribution in [-0.2, 0) is 0 Å². The number of nitrogens with zero attached hydrogens (tertiary/aromatic N) is 3. The zero-order valence-electron chi connectivity index (χ0n) is 16.2. The molecule has 1 aliphatic rings. The zero-order chi connectivity index (χ0) is 22.7. The number of hydrogen-bond donors (Lipinski definition) is 1. The number of ether oxygens (including phenoxy) is 1. The minimum absolute atomic E-state index is 0.0378. The average Bonchev–Trinajstić information content (AvgIpc) is 2.73. The van der Waals surface area contributed by atoms with Gasteiger partial charge in [-0.3, -0.25) is 20.2 Å². The van der Waals surface area contributed by atoms with Gasteiger partial charge in [0.05, 0.1) is 27.1 Å². The molecule has 0 unspecified atom stereocenters. The first-order chi connectivity index (χ1) is 14.7. The highest BCUT2D eigenvalue weighted by molar-refractivity contribution is 9.11. The Kier molecular flexibility index (Phi) is 7.73. The van der Waals surface area contributed by atoms with Crippen LogP contribution in [0.25, 0.3) is 0 Å². The van der Waals surface area contributed by atoms with Crippen molar-refractivity contribution >= 4 is 78.1 Å². The molecule has 3 rings (SSSR count). The molecule has 1 N–H and O–H groups in total. The number of halogens is 3. The summed E-state index contributed by atoms with van der Waals surface area (Å²) in [5.41, 5.74) is 0.688. The van der Waals surface area contributed by atoms with Gasteiger partial charge in [0, 0.05) is 36.7 Å². The van der Waals surface area contributed by atoms with Gasteiger partial charge in [-0.05, 0) is 46.3 Å². The van der Waals surface area contributed by atoms with E-state index in [0.29, 0.717) is 57.1 Å². The van der Waals surface area contributed by atoms with Crippen molar-refractivity contribution in [2.45, 2.75) is 0 Å². The highest BCUT2D eigenvalue weighted by Gasteiger charge is 2.27. The van der Waals surface area contributed by atoms with Gasteiger partial charge in [0.25, 0.3) is 11.6 Å². The summed E-state index contributed by atoms with van der Waals surface area (Å²) in [6.45, 7) is 1.88. The lowest BCUT2D eigenvalue weighted by Crippen LogP contribution is -2.52. The van der Waals surface area contributed by atoms with Gasteiger partial charge in [0.1, 0.15) is 11.4 Å². The van der Waals surface area contributed by atoms with Crippen LogP contribution in [0.15, 0.2) is 39.3 Å². The van der Waals surface area contributed by atoms with E-state index in [1.165, 1.54) is 13.2 Å². The fourth-order valence-corrected chi connectivity index (χ4v) is 5.23. The average molecular weight is 593 g/mol. The van der Waals surface area contributed by atoms with Gasteiger partial charge in [0.15, 0.2) is 5.11 Å². The van der Waals surface area contributed by atoms with Gasteiger partial charge in [-0.25, -0.2) is 0 Å². The quantitative estimate of drug-likeness (QED) is 0.315. The number of piperazine rings is 1. The zero-order valence-corrected chi connectivity index (χ0v) is 21.0. The molecule has 0 radical (unpaired) electrons. The van der Waals surface area contributed by atoms with Crippen molar-refractivity contribution in [2.75, 3.05) is 38.2 Å². The van der Waals surface area contributed by atoms with Crippen molar-refractivity contribution in [1.82, 2.24) is 10.2 Å². The summed E-state index contributed by atoms with van der Waals surface area (Å²) < 4.78 is 6.67. The summed E-state index contributed by atoms with van der Waals surface area (Å²) in [7, 11) is 1.48. The van der Waals surface area contributed by atoms with Crippen molar-refractivity contribution in [3.05, 3.63) is 60.0 Å². The van der Waals surface area contributed by atoms with E-state index < -0.39 is 10.8 Å². The van der Waals surface area contributed by atoms with Crippen LogP contribution in [0.3, 0.4) is 0 Å². The minimum atomic E-state index is -0.443. The molecule has 164 valence electrons. The Balaban J connectivity index is 1.68. The maximum absolute atomic E-state index is 12.8. The second-order valence-electron chi connectivity index (χ2n) is 6.57. The number of rotatable bonds is 4. The smallest absolute Gasteiger partial charge is 0.294 e. The molecule has 0 atom stereocenters. The van der Waals surface area contributed by atoms with E-state index in [9.17, 15) is 14.9 Å². The Morgan fingerprint density at radius 2 is 1.94 bits per heavy atom. The number of carbonyl (C=O) groups is 1. The third kappa shape index (κ3) is 5.28. The Morgan fingerprint density at radius 3 is 2.55 bits per heavy atom. The molecule has 0 spiro atoms. The molecule has 0 aromatic heterocycles. The number of carbonyl (C=O) groups excluding carboxylic acids is 1. The van der Waals surface area contributed by atoms with Crippen LogP contribution in [0.1, 0.15) is 10.4 Å². The van der Waals surface area contributed by atoms with Gasteiger partial charge in [-0.15, -0.1) is 0 Å². The maximum Gasteiger partial charge on any atom is 0.294 e. The number of para-hydroxylation sites is 1. The molecule has 2 aromatic rings. The number of nitrogens with one attached hydrogen (secondary N) is 1. The number of thiocarbonyl (C=S) groups is 1. The summed E-state index contributed by atoms with van der Waals surface area (Å²) in [5.74, 6) is 0.00682. The number of nitro benzene ring substituents is 1. The summed E-state index contributed by atoms with van der Waals surface area (Å²) in [6, 6.07) is 8.04. The Hall–Kier alpha value is -1.95. The molecule has 1 saturated heterocycles. The highest BCUT2D eigenvalue weighted by atomic mass is 79.9. The van der Waals surface area contributed by atoms with Crippen molar-refractivity contribution in [3.8, 4) is 5.75 Å². The van der Waals surface area contributed by atoms with E-state index in [1.54, 1.807) is 24.3 Å². The number of anilines is 1. The maximum atomic E-state index is 12.8. The van der Waals surface area contributed by atoms with E-state index in [-0.39, 0.29) is 10.8 Å². The van der Waals surface area contributed by atoms with E-state index >= 15 is 0 Å². The predicted molar refractivity (Wildman–Crippen MR) is 130 cm³/mol. The molecule has 0 aliphatic carbocycles. The van der Waals surface area contributed by atoms with Crippen LogP contribution >= 0.6 is 55.7 Å². The number of hydrogen-bond acceptors (Lipinski definition) is 6. The van der Waals surface area contributed by atoms with Crippen LogP contribution in [-0.4, -0.2) is 54.1 Å². The first-order valence-electron chi connectivity index (χ1n) is 9.04. The largest absolute Gasteiger partial charge is 0.495 e. The van der Waals surface area contributed by atoms with Crippen LogP contribution in [0.2, 0.25) is 5.02 Å². The number of nitro groups is 1. The Morgan fingerprint density at radius 1 is 1.26 bits per heavy atom. The Bertz CT molecular complexity index is 1050. The normalized spacial score (nSPS) is 13.7. The van der Waals surface area contributed by atoms with Gasteiger partial charge in [-0.1, -0.05) is 33.6 Å². The van der Waals surface area contributed by atoms with Crippen LogP contribution < -0.4 is 15.0 Å². The predicted octanol–water partition coefficient (Wildman–Crippen LogP) is 4.62. The van der Waals surface area contributed by atoms with Crippen LogP contribution in [0.4, 0.5) is 11.4 Å². The van der Waals surface area contributed by atoms with Gasteiger partial charge in [0.2, 0.25) is 0 Å². The summed E-state index contributed by atoms with van der Waals surface area (Å²) in [6.07, 6.45) is 0. The fraction of sp³-hybridized carbons (Fsp3) is 0.263. The van der Waals surface area contributed by atoms with Gasteiger partial charge >= 0.3 is 0 Å². The van der Waals surface area contributed by atoms with Crippen molar-refractivity contribution in [1.29, 1.82) is 0 Å². The fourth-order valence-electron chi connectivity index (χ4n) is 3.28. The van der Waals surface area contributed by atoms with Gasteiger partial charge < -0.3 is 14.5 Å². The van der Waals surface area contributed by atoms with Crippen LogP contribution in [0.5, 0.6) is 5.75 Å². The highest BCUT2D eigenvalue weighted by Crippen LogP contribution is 2.36. The van der Waals surface area contributed by atoms with E-state index in [4.69, 9.17) is 28.6 Å². The molecule has 2 aromatic carbocycles. The molecule has 0 saturated carbocycles. The molecule has 1 amide bonds. The first-order valence-corrected chi connectivity index (χ1v) is 11.4. The standard InChI is InChI=1S/C19H17Br2ClN4O4S/c1-30-17-12(9-11(20)10-13(17)21)18(27)23-19(31)25-7-5-24(6-8-25)16-14(22)3-2-4-15(16)26(28)29/h2-4,9-10H,5-8H2,1H3,(H,23,27,31). The number of methoxy groups -OCH3 is 1. The molecule has 0 bridgehead atoms. The summed E-state index contributed by atoms with van der Waals surface area (Å²) in [5, 5.41) is 14.7. The lowest BCUT2D eigenvalue weighted by Gasteiger charge is -2.37. The minimum Gasteiger partial charge on any atom is -0.495 e. The second-order valence-corrected chi connectivity index (χ2v) is 9.13. The third-order valence-corrected chi connectivity index (χ3v) is 6.44. The molecule has 12 heteroatoms. The number of benzene rings is 2. The van der Waals surface area contributed by atoms with E-state index in [1.807, 2.05) is 9.80 Å². The monoisotopic (exact) mass is 590 g/mol. The number of amides is 1. The molecule has 1 fully saturated rings. The summed E-state index contributed by atoms with van der Waals surface area (Å²) >= 11 is 18.4. The molecular weight excluding hydrogens is 576 g/mol. The third-order valence-electron chi connectivity index (χ3n) is 4.72. The second kappa shape index (κ2) is 10.1. The molecule has 8 nitrogen and oxygen atoms in total. The molecule has 1 aliphatic heterocycles. The lowest BCUT2D eigenvalue weighted by molar-refractivity contribution is -0.384. The van der Waals surface area contributed by atoms with Crippen molar-refractivity contribution in [3.63, 3.8) is 0 Å². The van der Waals surface area contributed by atoms with E-state index in [2.05, 4.69) is 37.2 Å². The van der Waals surface area contributed by atoms with Gasteiger partial charge in [-0.2, -0.15) is 0 Å². The summed E-state index contributed by atoms with van der Waals surface area (Å²) in [4.78, 5) is 27.4. The van der Waals surface area contributed by atoms with E-state index in [0.717, 1.165) is 0 Å². The van der Waals surface area contributed by atoms with Crippen LogP contribution in [0, 0.1) is 10.1 Å². The SMILES string of the molecule is COc1c(Br)cc(Br)cc1C(=O)NC(=S)N1CCN(c2c(Cl)cccc2[N+](=O)[O-])CC1.